The molecular weight excluding hydrogens is 330 g/mol. The van der Waals surface area contributed by atoms with E-state index >= 15 is 0 Å². The topological polar surface area (TPSA) is 111 Å². The monoisotopic (exact) mass is 343 g/mol. The minimum Gasteiger partial charge on any atom is -0.468 e. The molecule has 0 fully saturated rings. The van der Waals surface area contributed by atoms with Gasteiger partial charge in [0, 0.05) is 4.47 Å². The molecule has 0 aliphatic heterocycles. The van der Waals surface area contributed by atoms with Crippen LogP contribution in [0, 0.1) is 0 Å². The summed E-state index contributed by atoms with van der Waals surface area (Å²) in [7, 11) is 1.25. The number of methoxy groups -OCH3 is 1. The third-order valence-corrected chi connectivity index (χ3v) is 2.90. The van der Waals surface area contributed by atoms with Gasteiger partial charge in [-0.15, -0.1) is 0 Å². The summed E-state index contributed by atoms with van der Waals surface area (Å²) in [6.45, 7) is -0.251. The van der Waals surface area contributed by atoms with Crippen LogP contribution in [0.15, 0.2) is 28.7 Å². The number of halogens is 1. The van der Waals surface area contributed by atoms with Gasteiger partial charge in [0.15, 0.2) is 0 Å². The second-order valence-electron chi connectivity index (χ2n) is 3.80. The number of urea groups is 1. The minimum absolute atomic E-state index is 0.251. The second kappa shape index (κ2) is 7.61. The molecule has 1 unspecified atom stereocenters. The highest BCUT2D eigenvalue weighted by atomic mass is 79.9. The van der Waals surface area contributed by atoms with E-state index < -0.39 is 23.9 Å². The molecule has 3 amide bonds. The summed E-state index contributed by atoms with van der Waals surface area (Å²) in [5.41, 5.74) is 5.45. The van der Waals surface area contributed by atoms with E-state index in [1.54, 1.807) is 24.3 Å². The molecule has 0 aromatic heterocycles. The number of hydrogen-bond acceptors (Lipinski definition) is 5. The Balaban J connectivity index is 2.75. The maximum atomic E-state index is 11.7. The van der Waals surface area contributed by atoms with Crippen molar-refractivity contribution in [2.45, 2.75) is 6.04 Å². The molecule has 0 aliphatic rings. The molecule has 0 heterocycles. The van der Waals surface area contributed by atoms with E-state index in [-0.39, 0.29) is 6.54 Å². The second-order valence-corrected chi connectivity index (χ2v) is 4.72. The van der Waals surface area contributed by atoms with Crippen LogP contribution in [0.2, 0.25) is 0 Å². The Labute approximate surface area is 124 Å². The number of carbonyl (C=O) groups is 3. The van der Waals surface area contributed by atoms with Gasteiger partial charge in [-0.1, -0.05) is 28.1 Å². The number of carbonyl (C=O) groups excluding carboxylic acids is 3. The highest BCUT2D eigenvalue weighted by molar-refractivity contribution is 9.10. The molecule has 0 saturated heterocycles. The molecular formula is C12H14BrN3O4. The van der Waals surface area contributed by atoms with Gasteiger partial charge in [0.2, 0.25) is 5.91 Å². The van der Waals surface area contributed by atoms with Gasteiger partial charge in [-0.3, -0.25) is 15.4 Å². The highest BCUT2D eigenvalue weighted by Crippen LogP contribution is 2.17. The lowest BCUT2D eigenvalue weighted by Gasteiger charge is -2.16. The molecule has 7 nitrogen and oxygen atoms in total. The van der Waals surface area contributed by atoms with Crippen molar-refractivity contribution in [1.82, 2.24) is 10.6 Å². The van der Waals surface area contributed by atoms with Gasteiger partial charge in [-0.25, -0.2) is 9.59 Å². The van der Waals surface area contributed by atoms with Crippen LogP contribution in [0.25, 0.3) is 0 Å². The number of nitrogens with two attached hydrogens (primary N) is 1. The van der Waals surface area contributed by atoms with Crippen molar-refractivity contribution in [3.8, 4) is 0 Å². The van der Waals surface area contributed by atoms with E-state index in [2.05, 4.69) is 26.0 Å². The molecule has 0 spiro atoms. The first-order chi connectivity index (χ1) is 9.43. The van der Waals surface area contributed by atoms with Crippen LogP contribution in [-0.2, 0) is 14.3 Å². The number of nitrogens with one attached hydrogen (secondary N) is 2. The SMILES string of the molecule is COC(=O)C(NCC(=O)NC(N)=O)c1ccc(Br)cc1. The summed E-state index contributed by atoms with van der Waals surface area (Å²) >= 11 is 3.29. The van der Waals surface area contributed by atoms with Gasteiger partial charge >= 0.3 is 12.0 Å². The highest BCUT2D eigenvalue weighted by Gasteiger charge is 2.21. The van der Waals surface area contributed by atoms with E-state index in [9.17, 15) is 14.4 Å². The standard InChI is InChI=1S/C12H14BrN3O4/c1-20-11(18)10(7-2-4-8(13)5-3-7)15-6-9(17)16-12(14)19/h2-5,10,15H,6H2,1H3,(H3,14,16,17,19). The average molecular weight is 344 g/mol. The lowest BCUT2D eigenvalue weighted by Crippen LogP contribution is -2.42. The van der Waals surface area contributed by atoms with Crippen LogP contribution >= 0.6 is 15.9 Å². The normalized spacial score (nSPS) is 11.5. The maximum Gasteiger partial charge on any atom is 0.327 e. The van der Waals surface area contributed by atoms with E-state index in [1.165, 1.54) is 7.11 Å². The number of primary amides is 1. The Morgan fingerprint density at radius 2 is 1.90 bits per heavy atom. The van der Waals surface area contributed by atoms with E-state index in [0.717, 1.165) is 4.47 Å². The van der Waals surface area contributed by atoms with E-state index in [0.29, 0.717) is 5.56 Å². The van der Waals surface area contributed by atoms with Crippen LogP contribution in [0.3, 0.4) is 0 Å². The molecule has 1 atom stereocenters. The molecule has 1 rings (SSSR count). The molecule has 4 N–H and O–H groups in total. The van der Waals surface area contributed by atoms with Crippen molar-refractivity contribution in [2.24, 2.45) is 5.73 Å². The summed E-state index contributed by atoms with van der Waals surface area (Å²) in [4.78, 5) is 33.6. The third kappa shape index (κ3) is 4.98. The fourth-order valence-corrected chi connectivity index (χ4v) is 1.75. The summed E-state index contributed by atoms with van der Waals surface area (Å²) < 4.78 is 5.53. The lowest BCUT2D eigenvalue weighted by molar-refractivity contribution is -0.143. The number of ether oxygens (including phenoxy) is 1. The fraction of sp³-hybridized carbons (Fsp3) is 0.250. The molecule has 0 bridgehead atoms. The first-order valence-corrected chi connectivity index (χ1v) is 6.39. The number of imide groups is 1. The van der Waals surface area contributed by atoms with Gasteiger partial charge in [0.1, 0.15) is 6.04 Å². The molecule has 0 radical (unpaired) electrons. The summed E-state index contributed by atoms with van der Waals surface area (Å²) in [6.07, 6.45) is 0. The Morgan fingerprint density at radius 3 is 2.40 bits per heavy atom. The summed E-state index contributed by atoms with van der Waals surface area (Å²) in [5.74, 6) is -1.18. The lowest BCUT2D eigenvalue weighted by atomic mass is 10.1. The predicted molar refractivity (Wildman–Crippen MR) is 74.6 cm³/mol. The smallest absolute Gasteiger partial charge is 0.327 e. The molecule has 108 valence electrons. The first kappa shape index (κ1) is 16.1. The molecule has 1 aromatic carbocycles. The fourth-order valence-electron chi connectivity index (χ4n) is 1.49. The number of amides is 3. The van der Waals surface area contributed by atoms with Crippen molar-refractivity contribution in [2.75, 3.05) is 13.7 Å². The zero-order valence-electron chi connectivity index (χ0n) is 10.7. The Hall–Kier alpha value is -1.93. The predicted octanol–water partition coefficient (Wildman–Crippen LogP) is 0.448. The molecule has 0 saturated carbocycles. The van der Waals surface area contributed by atoms with Gasteiger partial charge in [0.25, 0.3) is 0 Å². The molecule has 1 aromatic rings. The average Bonchev–Trinajstić information content (AvgIpc) is 2.39. The van der Waals surface area contributed by atoms with Gasteiger partial charge in [0.05, 0.1) is 13.7 Å². The van der Waals surface area contributed by atoms with Gasteiger partial charge in [-0.05, 0) is 17.7 Å². The maximum absolute atomic E-state index is 11.7. The van der Waals surface area contributed by atoms with Gasteiger partial charge in [-0.2, -0.15) is 0 Å². The van der Waals surface area contributed by atoms with Gasteiger partial charge < -0.3 is 10.5 Å². The van der Waals surface area contributed by atoms with E-state index in [1.807, 2.05) is 5.32 Å². The van der Waals surface area contributed by atoms with Crippen molar-refractivity contribution < 1.29 is 19.1 Å². The van der Waals surface area contributed by atoms with Crippen molar-refractivity contribution >= 4 is 33.8 Å². The zero-order chi connectivity index (χ0) is 15.1. The summed E-state index contributed by atoms with van der Waals surface area (Å²) in [5, 5.41) is 4.60. The molecule has 8 heteroatoms. The zero-order valence-corrected chi connectivity index (χ0v) is 12.3. The van der Waals surface area contributed by atoms with E-state index in [4.69, 9.17) is 5.73 Å². The Morgan fingerprint density at radius 1 is 1.30 bits per heavy atom. The number of esters is 1. The van der Waals surface area contributed by atoms with Crippen molar-refractivity contribution in [1.29, 1.82) is 0 Å². The van der Waals surface area contributed by atoms with Crippen molar-refractivity contribution in [3.63, 3.8) is 0 Å². The Bertz CT molecular complexity index is 504. The van der Waals surface area contributed by atoms with Crippen LogP contribution in [0.5, 0.6) is 0 Å². The third-order valence-electron chi connectivity index (χ3n) is 2.37. The largest absolute Gasteiger partial charge is 0.468 e. The molecule has 20 heavy (non-hydrogen) atoms. The molecule has 0 aliphatic carbocycles. The Kier molecular flexibility index (Phi) is 6.13. The quantitative estimate of drug-likeness (QED) is 0.672. The van der Waals surface area contributed by atoms with Crippen LogP contribution in [0.1, 0.15) is 11.6 Å². The minimum atomic E-state index is -0.949. The van der Waals surface area contributed by atoms with Crippen LogP contribution in [-0.4, -0.2) is 31.6 Å². The van der Waals surface area contributed by atoms with Crippen molar-refractivity contribution in [3.05, 3.63) is 34.3 Å². The number of hydrogen-bond donors (Lipinski definition) is 3. The van der Waals surface area contributed by atoms with Crippen LogP contribution in [0.4, 0.5) is 4.79 Å². The number of benzene rings is 1. The first-order valence-electron chi connectivity index (χ1n) is 5.60. The van der Waals surface area contributed by atoms with Crippen LogP contribution < -0.4 is 16.4 Å². The number of rotatable bonds is 5. The summed E-state index contributed by atoms with van der Waals surface area (Å²) in [6, 6.07) is 5.18.